The summed E-state index contributed by atoms with van der Waals surface area (Å²) in [5.74, 6) is -0.218. The highest BCUT2D eigenvalue weighted by Crippen LogP contribution is 2.32. The Bertz CT molecular complexity index is 309. The molecule has 2 rings (SSSR count). The number of carbonyl (C=O) groups is 2. The monoisotopic (exact) mass is 209 g/mol. The lowest BCUT2D eigenvalue weighted by Gasteiger charge is -2.17. The van der Waals surface area contributed by atoms with Gasteiger partial charge in [0.2, 0.25) is 5.91 Å². The van der Waals surface area contributed by atoms with Crippen LogP contribution in [0.5, 0.6) is 0 Å². The first-order valence-corrected chi connectivity index (χ1v) is 5.26. The van der Waals surface area contributed by atoms with Crippen molar-refractivity contribution in [3.8, 4) is 0 Å². The molecule has 15 heavy (non-hydrogen) atoms. The lowest BCUT2D eigenvalue weighted by Crippen LogP contribution is -2.41. The molecule has 0 bridgehead atoms. The van der Waals surface area contributed by atoms with Gasteiger partial charge in [-0.05, 0) is 19.8 Å². The number of carbonyl (C=O) groups excluding carboxylic acids is 2. The Morgan fingerprint density at radius 3 is 2.47 bits per heavy atom. The van der Waals surface area contributed by atoms with Crippen LogP contribution in [0.4, 0.5) is 0 Å². The second-order valence-corrected chi connectivity index (χ2v) is 4.11. The summed E-state index contributed by atoms with van der Waals surface area (Å²) in [6.45, 7) is 5.68. The highest BCUT2D eigenvalue weighted by molar-refractivity contribution is 6.00. The van der Waals surface area contributed by atoms with Gasteiger partial charge >= 0.3 is 0 Å². The number of amides is 2. The van der Waals surface area contributed by atoms with Gasteiger partial charge in [-0.15, -0.1) is 6.58 Å². The Morgan fingerprint density at radius 1 is 1.47 bits per heavy atom. The molecule has 0 aromatic rings. The van der Waals surface area contributed by atoms with Crippen molar-refractivity contribution in [3.05, 3.63) is 12.7 Å². The number of imide groups is 1. The van der Waals surface area contributed by atoms with Gasteiger partial charge in [0, 0.05) is 12.5 Å². The van der Waals surface area contributed by atoms with Crippen molar-refractivity contribution in [2.75, 3.05) is 6.54 Å². The summed E-state index contributed by atoms with van der Waals surface area (Å²) in [6.07, 6.45) is 2.93. The maximum atomic E-state index is 11.8. The first-order chi connectivity index (χ1) is 7.15. The van der Waals surface area contributed by atoms with Gasteiger partial charge in [-0.25, -0.2) is 0 Å². The second kappa shape index (κ2) is 3.77. The molecule has 0 N–H and O–H groups in total. The van der Waals surface area contributed by atoms with E-state index >= 15 is 0 Å². The fourth-order valence-corrected chi connectivity index (χ4v) is 1.57. The molecule has 1 aliphatic heterocycles. The average molecular weight is 209 g/mol. The van der Waals surface area contributed by atoms with Crippen molar-refractivity contribution in [1.82, 2.24) is 4.90 Å². The van der Waals surface area contributed by atoms with Crippen LogP contribution in [0.1, 0.15) is 19.8 Å². The smallest absolute Gasteiger partial charge is 0.261 e. The Morgan fingerprint density at radius 2 is 2.07 bits per heavy atom. The van der Waals surface area contributed by atoms with Crippen LogP contribution < -0.4 is 0 Å². The lowest BCUT2D eigenvalue weighted by molar-refractivity contribution is -0.145. The quantitative estimate of drug-likeness (QED) is 0.389. The molecular formula is C11H15NO3. The third kappa shape index (κ3) is 2.09. The van der Waals surface area contributed by atoms with E-state index in [1.54, 1.807) is 6.08 Å². The summed E-state index contributed by atoms with van der Waals surface area (Å²) in [5.41, 5.74) is 0. The summed E-state index contributed by atoms with van der Waals surface area (Å²) >= 11 is 0. The molecule has 1 aliphatic carbocycles. The molecule has 0 radical (unpaired) electrons. The van der Waals surface area contributed by atoms with E-state index in [-0.39, 0.29) is 23.8 Å². The first-order valence-electron chi connectivity index (χ1n) is 5.26. The van der Waals surface area contributed by atoms with Gasteiger partial charge < -0.3 is 4.74 Å². The molecule has 0 aromatic carbocycles. The number of epoxide rings is 1. The topological polar surface area (TPSA) is 49.9 Å². The molecule has 1 saturated heterocycles. The third-order valence-corrected chi connectivity index (χ3v) is 2.72. The summed E-state index contributed by atoms with van der Waals surface area (Å²) in [4.78, 5) is 24.9. The highest BCUT2D eigenvalue weighted by atomic mass is 16.6. The Labute approximate surface area is 88.9 Å². The van der Waals surface area contributed by atoms with Crippen molar-refractivity contribution < 1.29 is 14.3 Å². The van der Waals surface area contributed by atoms with Gasteiger partial charge in [-0.2, -0.15) is 0 Å². The summed E-state index contributed by atoms with van der Waals surface area (Å²) in [5, 5.41) is 0. The van der Waals surface area contributed by atoms with E-state index in [9.17, 15) is 9.59 Å². The Kier molecular flexibility index (Phi) is 2.61. The summed E-state index contributed by atoms with van der Waals surface area (Å²) < 4.78 is 5.08. The van der Waals surface area contributed by atoms with Gasteiger partial charge in [0.25, 0.3) is 5.91 Å². The molecule has 4 heteroatoms. The van der Waals surface area contributed by atoms with E-state index in [4.69, 9.17) is 4.74 Å². The van der Waals surface area contributed by atoms with E-state index in [2.05, 4.69) is 6.58 Å². The molecular weight excluding hydrogens is 194 g/mol. The van der Waals surface area contributed by atoms with Crippen molar-refractivity contribution in [3.63, 3.8) is 0 Å². The fraction of sp³-hybridized carbons (Fsp3) is 0.636. The van der Waals surface area contributed by atoms with Crippen LogP contribution in [0, 0.1) is 5.92 Å². The van der Waals surface area contributed by atoms with E-state index in [1.165, 1.54) is 4.90 Å². The van der Waals surface area contributed by atoms with Crippen LogP contribution in [0.25, 0.3) is 0 Å². The standard InChI is InChI=1S/C11H15NO3/c1-3-6-12(10(13)8-4-5-8)11(14)9-7(2)15-9/h3,7-9H,1,4-6H2,2H3/t7-,9-/m1/s1. The van der Waals surface area contributed by atoms with Crippen LogP contribution in [-0.2, 0) is 14.3 Å². The zero-order valence-corrected chi connectivity index (χ0v) is 8.81. The number of ether oxygens (including phenoxy) is 1. The number of rotatable bonds is 4. The summed E-state index contributed by atoms with van der Waals surface area (Å²) in [7, 11) is 0. The minimum atomic E-state index is -0.410. The molecule has 1 saturated carbocycles. The molecule has 4 nitrogen and oxygen atoms in total. The molecule has 0 spiro atoms. The van der Waals surface area contributed by atoms with Crippen LogP contribution in [0.2, 0.25) is 0 Å². The molecule has 2 fully saturated rings. The molecule has 2 amide bonds. The van der Waals surface area contributed by atoms with Crippen LogP contribution in [0.15, 0.2) is 12.7 Å². The van der Waals surface area contributed by atoms with Crippen molar-refractivity contribution >= 4 is 11.8 Å². The summed E-state index contributed by atoms with van der Waals surface area (Å²) in [6, 6.07) is 0. The predicted octanol–water partition coefficient (Wildman–Crippen LogP) is 0.725. The number of hydrogen-bond donors (Lipinski definition) is 0. The van der Waals surface area contributed by atoms with E-state index in [0.29, 0.717) is 6.54 Å². The van der Waals surface area contributed by atoms with Crippen LogP contribution in [0.3, 0.4) is 0 Å². The van der Waals surface area contributed by atoms with Gasteiger partial charge in [0.1, 0.15) is 0 Å². The van der Waals surface area contributed by atoms with Gasteiger partial charge in [0.15, 0.2) is 6.10 Å². The Balaban J connectivity index is 2.00. The van der Waals surface area contributed by atoms with E-state index in [0.717, 1.165) is 12.8 Å². The predicted molar refractivity (Wildman–Crippen MR) is 54.0 cm³/mol. The minimum Gasteiger partial charge on any atom is -0.359 e. The third-order valence-electron chi connectivity index (χ3n) is 2.72. The molecule has 1 heterocycles. The van der Waals surface area contributed by atoms with Crippen molar-refractivity contribution in [2.24, 2.45) is 5.92 Å². The van der Waals surface area contributed by atoms with Crippen molar-refractivity contribution in [2.45, 2.75) is 32.0 Å². The van der Waals surface area contributed by atoms with Crippen LogP contribution in [-0.4, -0.2) is 35.5 Å². The van der Waals surface area contributed by atoms with E-state index < -0.39 is 6.10 Å². The zero-order valence-electron chi connectivity index (χ0n) is 8.81. The molecule has 0 unspecified atom stereocenters. The normalized spacial score (nSPS) is 28.3. The molecule has 82 valence electrons. The minimum absolute atomic E-state index is 0.0446. The van der Waals surface area contributed by atoms with Gasteiger partial charge in [-0.3, -0.25) is 14.5 Å². The first kappa shape index (κ1) is 10.4. The molecule has 0 aromatic heterocycles. The van der Waals surface area contributed by atoms with Gasteiger partial charge in [-0.1, -0.05) is 6.08 Å². The Hall–Kier alpha value is -1.16. The number of nitrogens with zero attached hydrogens (tertiary/aromatic N) is 1. The number of hydrogen-bond acceptors (Lipinski definition) is 3. The van der Waals surface area contributed by atoms with Crippen LogP contribution >= 0.6 is 0 Å². The maximum absolute atomic E-state index is 11.8. The van der Waals surface area contributed by atoms with E-state index in [1.807, 2.05) is 6.92 Å². The maximum Gasteiger partial charge on any atom is 0.261 e. The fourth-order valence-electron chi connectivity index (χ4n) is 1.57. The SMILES string of the molecule is C=CCN(C(=O)C1CC1)C(=O)[C@@H]1O[C@@H]1C. The molecule has 2 atom stereocenters. The zero-order chi connectivity index (χ0) is 11.0. The average Bonchev–Trinajstić information content (AvgIpc) is 3.05. The highest BCUT2D eigenvalue weighted by Gasteiger charge is 2.46. The second-order valence-electron chi connectivity index (χ2n) is 4.11. The van der Waals surface area contributed by atoms with Gasteiger partial charge in [0.05, 0.1) is 6.10 Å². The largest absolute Gasteiger partial charge is 0.359 e. The lowest BCUT2D eigenvalue weighted by atomic mass is 10.2. The van der Waals surface area contributed by atoms with Crippen molar-refractivity contribution in [1.29, 1.82) is 0 Å². The molecule has 2 aliphatic rings.